The van der Waals surface area contributed by atoms with Crippen LogP contribution in [0.5, 0.6) is 0 Å². The van der Waals surface area contributed by atoms with Crippen LogP contribution in [-0.2, 0) is 0 Å². The average Bonchev–Trinajstić information content (AvgIpc) is 2.55. The molecule has 4 nitrogen and oxygen atoms in total. The van der Waals surface area contributed by atoms with Crippen LogP contribution in [0.25, 0.3) is 21.9 Å². The maximum atomic E-state index is 5.99. The zero-order chi connectivity index (χ0) is 11.3. The highest BCUT2D eigenvalue weighted by atomic mass is 15.3. The largest absolute Gasteiger partial charge is 0.383 e. The van der Waals surface area contributed by atoms with E-state index in [1.807, 2.05) is 37.3 Å². The third-order valence-electron chi connectivity index (χ3n) is 2.91. The van der Waals surface area contributed by atoms with Crippen LogP contribution in [0.3, 0.4) is 0 Å². The molecule has 4 heteroatoms. The summed E-state index contributed by atoms with van der Waals surface area (Å²) in [5, 5.41) is 2.15. The Morgan fingerprint density at radius 3 is 2.75 bits per heavy atom. The molecule has 1 aromatic carbocycles. The van der Waals surface area contributed by atoms with E-state index in [1.165, 1.54) is 0 Å². The van der Waals surface area contributed by atoms with Crippen molar-refractivity contribution in [1.82, 2.24) is 9.66 Å². The minimum absolute atomic E-state index is 0.530. The molecule has 4 N–H and O–H groups in total. The lowest BCUT2D eigenvalue weighted by Crippen LogP contribution is -2.08. The fourth-order valence-electron chi connectivity index (χ4n) is 2.02. The molecule has 0 bridgehead atoms. The third kappa shape index (κ3) is 1.01. The van der Waals surface area contributed by atoms with Gasteiger partial charge in [-0.3, -0.25) is 0 Å². The van der Waals surface area contributed by atoms with E-state index in [4.69, 9.17) is 11.6 Å². The molecule has 0 spiro atoms. The maximum absolute atomic E-state index is 5.99. The summed E-state index contributed by atoms with van der Waals surface area (Å²) in [5.74, 6) is 6.52. The summed E-state index contributed by atoms with van der Waals surface area (Å²) < 4.78 is 1.58. The first-order valence-corrected chi connectivity index (χ1v) is 5.10. The van der Waals surface area contributed by atoms with E-state index in [1.54, 1.807) is 4.68 Å². The Hall–Kier alpha value is -2.23. The predicted octanol–water partition coefficient (Wildman–Crippen LogP) is 1.79. The molecule has 2 aromatic heterocycles. The Morgan fingerprint density at radius 2 is 1.94 bits per heavy atom. The molecule has 0 atom stereocenters. The van der Waals surface area contributed by atoms with Gasteiger partial charge in [0.25, 0.3) is 0 Å². The van der Waals surface area contributed by atoms with E-state index < -0.39 is 0 Å². The molecule has 0 radical (unpaired) electrons. The molecule has 0 aliphatic rings. The van der Waals surface area contributed by atoms with Gasteiger partial charge in [0.05, 0.1) is 5.52 Å². The molecule has 0 unspecified atom stereocenters. The molecule has 0 amide bonds. The van der Waals surface area contributed by atoms with Crippen molar-refractivity contribution < 1.29 is 0 Å². The number of benzene rings is 1. The van der Waals surface area contributed by atoms with Crippen LogP contribution in [-0.4, -0.2) is 9.66 Å². The van der Waals surface area contributed by atoms with E-state index in [9.17, 15) is 0 Å². The maximum Gasteiger partial charge on any atom is 0.161 e. The number of pyridine rings is 1. The van der Waals surface area contributed by atoms with Crippen LogP contribution in [0, 0.1) is 6.92 Å². The van der Waals surface area contributed by atoms with E-state index in [2.05, 4.69) is 4.98 Å². The molecule has 0 saturated carbocycles. The van der Waals surface area contributed by atoms with Gasteiger partial charge >= 0.3 is 0 Å². The summed E-state index contributed by atoms with van der Waals surface area (Å²) in [5.41, 5.74) is 8.47. The van der Waals surface area contributed by atoms with Gasteiger partial charge in [0.15, 0.2) is 5.65 Å². The summed E-state index contributed by atoms with van der Waals surface area (Å²) in [6, 6.07) is 10.00. The van der Waals surface area contributed by atoms with Gasteiger partial charge in [-0.25, -0.2) is 9.66 Å². The Kier molecular flexibility index (Phi) is 1.63. The standard InChI is InChI=1S/C12H12N4/c1-7-6-9-8-4-2-3-5-10(8)16(14)12(9)15-11(7)13/h2-6H,14H2,1H3,(H2,13,15). The highest BCUT2D eigenvalue weighted by molar-refractivity contribution is 6.07. The van der Waals surface area contributed by atoms with Gasteiger partial charge in [-0.2, -0.15) is 0 Å². The Bertz CT molecular complexity index is 697. The Labute approximate surface area is 92.4 Å². The minimum atomic E-state index is 0.530. The molecule has 0 saturated heterocycles. The summed E-state index contributed by atoms with van der Waals surface area (Å²) in [6.45, 7) is 1.95. The second kappa shape index (κ2) is 2.88. The number of nitrogen functional groups attached to an aromatic ring is 2. The van der Waals surface area contributed by atoms with Crippen LogP contribution in [0.15, 0.2) is 30.3 Å². The predicted molar refractivity (Wildman–Crippen MR) is 66.5 cm³/mol. The molecule has 3 aromatic rings. The molecule has 80 valence electrons. The van der Waals surface area contributed by atoms with Crippen LogP contribution < -0.4 is 11.6 Å². The fourth-order valence-corrected chi connectivity index (χ4v) is 2.02. The summed E-state index contributed by atoms with van der Waals surface area (Å²) in [7, 11) is 0. The normalized spacial score (nSPS) is 11.3. The van der Waals surface area contributed by atoms with Crippen molar-refractivity contribution in [1.29, 1.82) is 0 Å². The quantitative estimate of drug-likeness (QED) is 0.558. The van der Waals surface area contributed by atoms with Gasteiger partial charge in [-0.05, 0) is 24.6 Å². The molecule has 16 heavy (non-hydrogen) atoms. The van der Waals surface area contributed by atoms with Crippen molar-refractivity contribution in [2.45, 2.75) is 6.92 Å². The number of nitrogens with two attached hydrogens (primary N) is 2. The van der Waals surface area contributed by atoms with Gasteiger partial charge in [0.1, 0.15) is 5.82 Å². The third-order valence-corrected chi connectivity index (χ3v) is 2.91. The van der Waals surface area contributed by atoms with Crippen molar-refractivity contribution in [3.05, 3.63) is 35.9 Å². The molecule has 0 aliphatic heterocycles. The van der Waals surface area contributed by atoms with Crippen molar-refractivity contribution >= 4 is 27.8 Å². The topological polar surface area (TPSA) is 69.9 Å². The zero-order valence-electron chi connectivity index (χ0n) is 8.94. The fraction of sp³-hybridized carbons (Fsp3) is 0.0833. The van der Waals surface area contributed by atoms with Crippen LogP contribution in [0.2, 0.25) is 0 Å². The summed E-state index contributed by atoms with van der Waals surface area (Å²) in [6.07, 6.45) is 0. The zero-order valence-corrected chi connectivity index (χ0v) is 8.94. The molecule has 0 fully saturated rings. The SMILES string of the molecule is Cc1cc2c3ccccc3n(N)c2nc1N. The van der Waals surface area contributed by atoms with E-state index in [0.717, 1.165) is 27.5 Å². The Morgan fingerprint density at radius 1 is 1.19 bits per heavy atom. The summed E-state index contributed by atoms with van der Waals surface area (Å²) in [4.78, 5) is 4.33. The molecule has 3 rings (SSSR count). The number of aryl methyl sites for hydroxylation is 1. The number of fused-ring (bicyclic) bond motifs is 3. The first-order chi connectivity index (χ1) is 7.68. The number of hydrogen-bond donors (Lipinski definition) is 2. The van der Waals surface area contributed by atoms with Crippen molar-refractivity contribution in [2.75, 3.05) is 11.6 Å². The molecular formula is C12H12N4. The van der Waals surface area contributed by atoms with E-state index in [-0.39, 0.29) is 0 Å². The van der Waals surface area contributed by atoms with Crippen LogP contribution in [0.4, 0.5) is 5.82 Å². The lowest BCUT2D eigenvalue weighted by Gasteiger charge is -2.00. The van der Waals surface area contributed by atoms with Crippen LogP contribution in [0.1, 0.15) is 5.56 Å². The smallest absolute Gasteiger partial charge is 0.161 e. The highest BCUT2D eigenvalue weighted by Crippen LogP contribution is 2.27. The number of anilines is 1. The van der Waals surface area contributed by atoms with Gasteiger partial charge < -0.3 is 11.6 Å². The van der Waals surface area contributed by atoms with Gasteiger partial charge in [0.2, 0.25) is 0 Å². The number of nitrogens with zero attached hydrogens (tertiary/aromatic N) is 2. The molecule has 2 heterocycles. The van der Waals surface area contributed by atoms with Crippen molar-refractivity contribution in [2.24, 2.45) is 0 Å². The Balaban J connectivity index is 2.62. The number of para-hydroxylation sites is 1. The lowest BCUT2D eigenvalue weighted by molar-refractivity contribution is 1.08. The van der Waals surface area contributed by atoms with Gasteiger partial charge in [-0.15, -0.1) is 0 Å². The van der Waals surface area contributed by atoms with Crippen LogP contribution >= 0.6 is 0 Å². The van der Waals surface area contributed by atoms with E-state index >= 15 is 0 Å². The van der Waals surface area contributed by atoms with E-state index in [0.29, 0.717) is 5.82 Å². The molecular weight excluding hydrogens is 200 g/mol. The monoisotopic (exact) mass is 212 g/mol. The lowest BCUT2D eigenvalue weighted by atomic mass is 10.1. The number of rotatable bonds is 0. The van der Waals surface area contributed by atoms with Crippen molar-refractivity contribution in [3.63, 3.8) is 0 Å². The minimum Gasteiger partial charge on any atom is -0.383 e. The van der Waals surface area contributed by atoms with Gasteiger partial charge in [0, 0.05) is 10.8 Å². The first kappa shape index (κ1) is 9.03. The average molecular weight is 212 g/mol. The molecule has 0 aliphatic carbocycles. The number of aromatic nitrogens is 2. The second-order valence-corrected chi connectivity index (χ2v) is 3.95. The second-order valence-electron chi connectivity index (χ2n) is 3.95. The first-order valence-electron chi connectivity index (χ1n) is 5.10. The van der Waals surface area contributed by atoms with Gasteiger partial charge in [-0.1, -0.05) is 18.2 Å². The highest BCUT2D eigenvalue weighted by Gasteiger charge is 2.10. The van der Waals surface area contributed by atoms with Crippen molar-refractivity contribution in [3.8, 4) is 0 Å². The summed E-state index contributed by atoms with van der Waals surface area (Å²) >= 11 is 0. The number of hydrogen-bond acceptors (Lipinski definition) is 3.